The van der Waals surface area contributed by atoms with Crippen LogP contribution in [0.15, 0.2) is 0 Å². The van der Waals surface area contributed by atoms with E-state index in [0.29, 0.717) is 19.3 Å². The molecule has 0 aliphatic carbocycles. The zero-order valence-electron chi connectivity index (χ0n) is 12.2. The summed E-state index contributed by atoms with van der Waals surface area (Å²) in [4.78, 5) is 11.0. The molecule has 2 atom stereocenters. The average Bonchev–Trinajstić information content (AvgIpc) is 2.25. The molecule has 5 nitrogen and oxygen atoms in total. The van der Waals surface area contributed by atoms with Crippen molar-refractivity contribution < 1.29 is 18.3 Å². The van der Waals surface area contributed by atoms with Crippen LogP contribution in [0.5, 0.6) is 0 Å². The van der Waals surface area contributed by atoms with Gasteiger partial charge in [-0.25, -0.2) is 8.42 Å². The second kappa shape index (κ2) is 5.79. The average molecular weight is 291 g/mol. The summed E-state index contributed by atoms with van der Waals surface area (Å²) in [6, 6.07) is -0.0967. The molecular weight excluding hydrogens is 266 g/mol. The maximum Gasteiger partial charge on any atom is 0.307 e. The number of rotatable bonds is 4. The van der Waals surface area contributed by atoms with Gasteiger partial charge in [0.2, 0.25) is 10.0 Å². The predicted molar refractivity (Wildman–Crippen MR) is 74.4 cm³/mol. The molecule has 0 aromatic rings. The molecule has 0 aromatic carbocycles. The van der Waals surface area contributed by atoms with Crippen LogP contribution in [0.3, 0.4) is 0 Å². The van der Waals surface area contributed by atoms with Gasteiger partial charge in [0.15, 0.2) is 0 Å². The lowest BCUT2D eigenvalue weighted by Gasteiger charge is -2.36. The van der Waals surface area contributed by atoms with E-state index in [2.05, 4.69) is 0 Å². The summed E-state index contributed by atoms with van der Waals surface area (Å²) in [5, 5.41) is 9.05. The third kappa shape index (κ3) is 4.76. The number of carboxylic acid groups (broad SMARTS) is 1. The molecule has 1 fully saturated rings. The SMILES string of the molecule is CC1CCC(C(=O)O)CN1S(=O)(=O)CCC(C)(C)C. The van der Waals surface area contributed by atoms with Crippen molar-refractivity contribution in [2.45, 2.75) is 53.0 Å². The Balaban J connectivity index is 2.77. The summed E-state index contributed by atoms with van der Waals surface area (Å²) >= 11 is 0. The summed E-state index contributed by atoms with van der Waals surface area (Å²) in [6.45, 7) is 7.97. The minimum absolute atomic E-state index is 0.0434. The van der Waals surface area contributed by atoms with E-state index in [0.717, 1.165) is 0 Å². The fraction of sp³-hybridized carbons (Fsp3) is 0.923. The summed E-state index contributed by atoms with van der Waals surface area (Å²) in [7, 11) is -3.36. The number of aliphatic carboxylic acids is 1. The summed E-state index contributed by atoms with van der Waals surface area (Å²) in [5.41, 5.74) is -0.0434. The Labute approximate surface area is 116 Å². The summed E-state index contributed by atoms with van der Waals surface area (Å²) in [6.07, 6.45) is 1.75. The first-order valence-corrected chi connectivity index (χ1v) is 8.36. The molecule has 1 aliphatic heterocycles. The van der Waals surface area contributed by atoms with Gasteiger partial charge < -0.3 is 5.11 Å². The largest absolute Gasteiger partial charge is 0.481 e. The van der Waals surface area contributed by atoms with Crippen molar-refractivity contribution in [2.24, 2.45) is 11.3 Å². The van der Waals surface area contributed by atoms with Crippen molar-refractivity contribution >= 4 is 16.0 Å². The number of sulfonamides is 1. The maximum absolute atomic E-state index is 12.3. The lowest BCUT2D eigenvalue weighted by molar-refractivity contribution is -0.143. The van der Waals surface area contributed by atoms with E-state index >= 15 is 0 Å². The van der Waals surface area contributed by atoms with Gasteiger partial charge in [0.25, 0.3) is 0 Å². The molecule has 2 unspecified atom stereocenters. The molecule has 1 heterocycles. The van der Waals surface area contributed by atoms with Crippen LogP contribution in [0.25, 0.3) is 0 Å². The standard InChI is InChI=1S/C13H25NO4S/c1-10-5-6-11(12(15)16)9-14(10)19(17,18)8-7-13(2,3)4/h10-11H,5-9H2,1-4H3,(H,15,16). The highest BCUT2D eigenvalue weighted by molar-refractivity contribution is 7.89. The zero-order chi connectivity index (χ0) is 14.8. The second-order valence-electron chi connectivity index (χ2n) is 6.66. The Kier molecular flexibility index (Phi) is 5.01. The summed E-state index contributed by atoms with van der Waals surface area (Å²) in [5.74, 6) is -1.38. The van der Waals surface area contributed by atoms with Crippen molar-refractivity contribution in [2.75, 3.05) is 12.3 Å². The van der Waals surface area contributed by atoms with Crippen molar-refractivity contribution in [3.8, 4) is 0 Å². The highest BCUT2D eigenvalue weighted by Crippen LogP contribution is 2.27. The molecule has 1 saturated heterocycles. The van der Waals surface area contributed by atoms with Gasteiger partial charge in [-0.2, -0.15) is 4.31 Å². The number of hydrogen-bond acceptors (Lipinski definition) is 3. The van der Waals surface area contributed by atoms with E-state index in [-0.39, 0.29) is 23.8 Å². The van der Waals surface area contributed by atoms with Crippen LogP contribution in [0.2, 0.25) is 0 Å². The van der Waals surface area contributed by atoms with E-state index in [9.17, 15) is 13.2 Å². The van der Waals surface area contributed by atoms with Crippen LogP contribution in [0, 0.1) is 11.3 Å². The Morgan fingerprint density at radius 1 is 1.32 bits per heavy atom. The first-order valence-electron chi connectivity index (χ1n) is 6.75. The van der Waals surface area contributed by atoms with E-state index in [1.54, 1.807) is 0 Å². The molecule has 1 rings (SSSR count). The van der Waals surface area contributed by atoms with Crippen LogP contribution in [0.1, 0.15) is 47.0 Å². The van der Waals surface area contributed by atoms with Crippen LogP contribution >= 0.6 is 0 Å². The van der Waals surface area contributed by atoms with E-state index in [1.165, 1.54) is 4.31 Å². The molecule has 0 aromatic heterocycles. The van der Waals surface area contributed by atoms with Crippen LogP contribution in [-0.2, 0) is 14.8 Å². The second-order valence-corrected chi connectivity index (χ2v) is 8.70. The van der Waals surface area contributed by atoms with E-state index in [1.807, 2.05) is 27.7 Å². The monoisotopic (exact) mass is 291 g/mol. The number of carbonyl (C=O) groups is 1. The van der Waals surface area contributed by atoms with Crippen molar-refractivity contribution in [1.82, 2.24) is 4.31 Å². The Morgan fingerprint density at radius 2 is 1.89 bits per heavy atom. The minimum Gasteiger partial charge on any atom is -0.481 e. The molecule has 112 valence electrons. The smallest absolute Gasteiger partial charge is 0.307 e. The van der Waals surface area contributed by atoms with Gasteiger partial charge in [-0.15, -0.1) is 0 Å². The van der Waals surface area contributed by atoms with Gasteiger partial charge in [-0.3, -0.25) is 4.79 Å². The topological polar surface area (TPSA) is 74.7 Å². The lowest BCUT2D eigenvalue weighted by Crippen LogP contribution is -2.48. The first kappa shape index (κ1) is 16.4. The Hall–Kier alpha value is -0.620. The maximum atomic E-state index is 12.3. The minimum atomic E-state index is -3.36. The Bertz CT molecular complexity index is 424. The number of carboxylic acids is 1. The normalized spacial score (nSPS) is 26.3. The molecule has 19 heavy (non-hydrogen) atoms. The molecule has 1 aliphatic rings. The molecule has 0 spiro atoms. The predicted octanol–water partition coefficient (Wildman–Crippen LogP) is 1.94. The van der Waals surface area contributed by atoms with Crippen molar-refractivity contribution in [3.05, 3.63) is 0 Å². The van der Waals surface area contributed by atoms with Crippen LogP contribution in [-0.4, -0.2) is 42.1 Å². The van der Waals surface area contributed by atoms with Gasteiger partial charge in [0.1, 0.15) is 0 Å². The van der Waals surface area contributed by atoms with Gasteiger partial charge in [0.05, 0.1) is 11.7 Å². The molecule has 0 saturated carbocycles. The van der Waals surface area contributed by atoms with Crippen LogP contribution in [0.4, 0.5) is 0 Å². The highest BCUT2D eigenvalue weighted by atomic mass is 32.2. The zero-order valence-corrected chi connectivity index (χ0v) is 13.0. The first-order chi connectivity index (χ1) is 8.53. The quantitative estimate of drug-likeness (QED) is 0.859. The third-order valence-corrected chi connectivity index (χ3v) is 5.58. The fourth-order valence-corrected chi connectivity index (χ4v) is 4.38. The van der Waals surface area contributed by atoms with Gasteiger partial charge in [-0.05, 0) is 31.6 Å². The molecule has 6 heteroatoms. The van der Waals surface area contributed by atoms with Crippen molar-refractivity contribution in [1.29, 1.82) is 0 Å². The molecular formula is C13H25NO4S. The van der Waals surface area contributed by atoms with Crippen LogP contribution < -0.4 is 0 Å². The highest BCUT2D eigenvalue weighted by Gasteiger charge is 2.36. The third-order valence-electron chi connectivity index (χ3n) is 3.64. The number of nitrogens with zero attached hydrogens (tertiary/aromatic N) is 1. The van der Waals surface area contributed by atoms with Crippen molar-refractivity contribution in [3.63, 3.8) is 0 Å². The fourth-order valence-electron chi connectivity index (χ4n) is 2.22. The molecule has 1 N–H and O–H groups in total. The van der Waals surface area contributed by atoms with E-state index in [4.69, 9.17) is 5.11 Å². The molecule has 0 radical (unpaired) electrons. The molecule has 0 amide bonds. The van der Waals surface area contributed by atoms with Gasteiger partial charge in [-0.1, -0.05) is 20.8 Å². The summed E-state index contributed by atoms with van der Waals surface area (Å²) < 4.78 is 26.1. The number of hydrogen-bond donors (Lipinski definition) is 1. The lowest BCUT2D eigenvalue weighted by atomic mass is 9.94. The van der Waals surface area contributed by atoms with E-state index < -0.39 is 21.9 Å². The Morgan fingerprint density at radius 3 is 2.37 bits per heavy atom. The van der Waals surface area contributed by atoms with Gasteiger partial charge in [0, 0.05) is 12.6 Å². The molecule has 0 bridgehead atoms. The van der Waals surface area contributed by atoms with Gasteiger partial charge >= 0.3 is 5.97 Å². The number of piperidine rings is 1.